The predicted molar refractivity (Wildman–Crippen MR) is 103 cm³/mol. The molecule has 0 N–H and O–H groups in total. The van der Waals surface area contributed by atoms with E-state index in [2.05, 4.69) is 41.5 Å². The van der Waals surface area contributed by atoms with Gasteiger partial charge in [0.25, 0.3) is 0 Å². The molecule has 1 rings (SSSR count). The van der Waals surface area contributed by atoms with Gasteiger partial charge in [-0.1, -0.05) is 59.7 Å². The second kappa shape index (κ2) is 8.48. The molecule has 24 heavy (non-hydrogen) atoms. The summed E-state index contributed by atoms with van der Waals surface area (Å²) in [6.45, 7) is 14.4. The Bertz CT molecular complexity index is 560. The van der Waals surface area contributed by atoms with Crippen LogP contribution in [0.5, 0.6) is 0 Å². The Morgan fingerprint density at radius 2 is 1.21 bits per heavy atom. The van der Waals surface area contributed by atoms with Crippen molar-refractivity contribution in [2.24, 2.45) is 10.8 Å². The molecule has 0 aromatic heterocycles. The van der Waals surface area contributed by atoms with Gasteiger partial charge in [-0.15, -0.1) is 0 Å². The van der Waals surface area contributed by atoms with Crippen LogP contribution in [0.15, 0.2) is 35.2 Å². The van der Waals surface area contributed by atoms with E-state index in [-0.39, 0.29) is 10.8 Å². The van der Waals surface area contributed by atoms with Crippen LogP contribution in [-0.4, -0.2) is 25.8 Å². The zero-order valence-electron chi connectivity index (χ0n) is 16.3. The van der Waals surface area contributed by atoms with Gasteiger partial charge < -0.3 is 0 Å². The van der Waals surface area contributed by atoms with Crippen molar-refractivity contribution in [3.8, 4) is 0 Å². The van der Waals surface area contributed by atoms with Crippen LogP contribution in [-0.2, 0) is 10.0 Å². The third-order valence-electron chi connectivity index (χ3n) is 4.05. The number of nitrogens with zero attached hydrogens (tertiary/aromatic N) is 1. The molecule has 0 aliphatic rings. The van der Waals surface area contributed by atoms with Crippen molar-refractivity contribution in [2.45, 2.75) is 72.1 Å². The average Bonchev–Trinajstić information content (AvgIpc) is 2.44. The fourth-order valence-electron chi connectivity index (χ4n) is 2.67. The molecule has 0 bridgehead atoms. The van der Waals surface area contributed by atoms with Crippen LogP contribution in [0.4, 0.5) is 0 Å². The van der Waals surface area contributed by atoms with Crippen LogP contribution in [0.1, 0.15) is 67.2 Å². The van der Waals surface area contributed by atoms with E-state index in [9.17, 15) is 8.42 Å². The summed E-state index contributed by atoms with van der Waals surface area (Å²) >= 11 is 0. The number of sulfonamides is 1. The van der Waals surface area contributed by atoms with Crippen molar-refractivity contribution in [2.75, 3.05) is 13.1 Å². The Labute approximate surface area is 149 Å². The normalized spacial score (nSPS) is 13.5. The Morgan fingerprint density at radius 3 is 1.58 bits per heavy atom. The fraction of sp³-hybridized carbons (Fsp3) is 0.700. The lowest BCUT2D eigenvalue weighted by molar-refractivity contribution is 0.304. The predicted octanol–water partition coefficient (Wildman–Crippen LogP) is 5.33. The summed E-state index contributed by atoms with van der Waals surface area (Å²) in [5.41, 5.74) is 0.460. The SMILES string of the molecule is CC(C)(C)CCCN(CCCC(C)(C)C)S(=O)(=O)c1ccccc1. The molecule has 1 aromatic rings. The molecule has 0 aliphatic heterocycles. The zero-order chi connectivity index (χ0) is 18.4. The summed E-state index contributed by atoms with van der Waals surface area (Å²) in [7, 11) is -3.40. The standard InChI is InChI=1S/C20H35NO2S/c1-19(2,3)14-10-16-21(17-11-15-20(4,5)6)24(22,23)18-12-8-7-9-13-18/h7-9,12-13H,10-11,14-17H2,1-6H3. The van der Waals surface area contributed by atoms with E-state index < -0.39 is 10.0 Å². The summed E-state index contributed by atoms with van der Waals surface area (Å²) in [5.74, 6) is 0. The molecule has 0 amide bonds. The molecule has 0 aliphatic carbocycles. The van der Waals surface area contributed by atoms with Gasteiger partial charge in [0, 0.05) is 13.1 Å². The maximum absolute atomic E-state index is 13.0. The van der Waals surface area contributed by atoms with Gasteiger partial charge in [0.2, 0.25) is 10.0 Å². The molecule has 3 nitrogen and oxygen atoms in total. The highest BCUT2D eigenvalue weighted by Crippen LogP contribution is 2.25. The molecule has 1 aromatic carbocycles. The van der Waals surface area contributed by atoms with E-state index in [0.717, 1.165) is 25.7 Å². The third kappa shape index (κ3) is 7.80. The van der Waals surface area contributed by atoms with Crippen LogP contribution >= 0.6 is 0 Å². The average molecular weight is 354 g/mol. The number of hydrogen-bond donors (Lipinski definition) is 0. The van der Waals surface area contributed by atoms with Crippen molar-refractivity contribution in [3.05, 3.63) is 30.3 Å². The summed E-state index contributed by atoms with van der Waals surface area (Å²) in [4.78, 5) is 0.400. The highest BCUT2D eigenvalue weighted by atomic mass is 32.2. The van der Waals surface area contributed by atoms with Crippen molar-refractivity contribution in [1.82, 2.24) is 4.31 Å². The van der Waals surface area contributed by atoms with Crippen LogP contribution < -0.4 is 0 Å². The van der Waals surface area contributed by atoms with Gasteiger partial charge in [-0.3, -0.25) is 0 Å². The molecule has 0 heterocycles. The lowest BCUT2D eigenvalue weighted by atomic mass is 9.90. The third-order valence-corrected chi connectivity index (χ3v) is 5.96. The van der Waals surface area contributed by atoms with Crippen LogP contribution in [0.2, 0.25) is 0 Å². The summed E-state index contributed by atoms with van der Waals surface area (Å²) in [6, 6.07) is 8.80. The molecule has 0 unspecified atom stereocenters. The van der Waals surface area contributed by atoms with Gasteiger partial charge in [0.15, 0.2) is 0 Å². The summed E-state index contributed by atoms with van der Waals surface area (Å²) < 4.78 is 27.6. The van der Waals surface area contributed by atoms with Crippen LogP contribution in [0.3, 0.4) is 0 Å². The van der Waals surface area contributed by atoms with Gasteiger partial charge in [-0.05, 0) is 48.6 Å². The second-order valence-electron chi connectivity index (χ2n) is 9.05. The first kappa shape index (κ1) is 21.2. The zero-order valence-corrected chi connectivity index (χ0v) is 17.1. The maximum atomic E-state index is 13.0. The highest BCUT2D eigenvalue weighted by Gasteiger charge is 2.25. The first-order chi connectivity index (χ1) is 10.9. The molecule has 0 atom stereocenters. The molecule has 4 heteroatoms. The van der Waals surface area contributed by atoms with E-state index >= 15 is 0 Å². The quantitative estimate of drug-likeness (QED) is 0.633. The second-order valence-corrected chi connectivity index (χ2v) is 11.0. The molecule has 0 saturated heterocycles. The Morgan fingerprint density at radius 1 is 0.792 bits per heavy atom. The molecular weight excluding hydrogens is 318 g/mol. The first-order valence-electron chi connectivity index (χ1n) is 8.97. The van der Waals surface area contributed by atoms with Crippen LogP contribution in [0.25, 0.3) is 0 Å². The lowest BCUT2D eigenvalue weighted by Gasteiger charge is -2.26. The van der Waals surface area contributed by atoms with Crippen molar-refractivity contribution >= 4 is 10.0 Å². The van der Waals surface area contributed by atoms with Gasteiger partial charge >= 0.3 is 0 Å². The molecule has 0 fully saturated rings. The van der Waals surface area contributed by atoms with E-state index in [0.29, 0.717) is 18.0 Å². The minimum Gasteiger partial charge on any atom is -0.207 e. The van der Waals surface area contributed by atoms with E-state index in [1.54, 1.807) is 28.6 Å². The van der Waals surface area contributed by atoms with E-state index in [1.165, 1.54) is 0 Å². The van der Waals surface area contributed by atoms with E-state index in [4.69, 9.17) is 0 Å². The van der Waals surface area contributed by atoms with Crippen LogP contribution in [0, 0.1) is 10.8 Å². The van der Waals surface area contributed by atoms with Crippen molar-refractivity contribution in [1.29, 1.82) is 0 Å². The fourth-order valence-corrected chi connectivity index (χ4v) is 4.20. The molecule has 0 spiro atoms. The Kier molecular flexibility index (Phi) is 7.48. The van der Waals surface area contributed by atoms with E-state index in [1.807, 2.05) is 6.07 Å². The van der Waals surface area contributed by atoms with Crippen molar-refractivity contribution < 1.29 is 8.42 Å². The van der Waals surface area contributed by atoms with Gasteiger partial charge in [-0.25, -0.2) is 8.42 Å². The number of hydrogen-bond acceptors (Lipinski definition) is 2. The molecule has 0 saturated carbocycles. The molecule has 0 radical (unpaired) electrons. The summed E-state index contributed by atoms with van der Waals surface area (Å²) in [6.07, 6.45) is 3.83. The van der Waals surface area contributed by atoms with Crippen molar-refractivity contribution in [3.63, 3.8) is 0 Å². The maximum Gasteiger partial charge on any atom is 0.243 e. The number of rotatable bonds is 8. The Balaban J connectivity index is 2.83. The minimum atomic E-state index is -3.40. The Hall–Kier alpha value is -0.870. The monoisotopic (exact) mass is 353 g/mol. The topological polar surface area (TPSA) is 37.4 Å². The first-order valence-corrected chi connectivity index (χ1v) is 10.4. The molecule has 138 valence electrons. The molecular formula is C20H35NO2S. The van der Waals surface area contributed by atoms with Gasteiger partial charge in [-0.2, -0.15) is 4.31 Å². The smallest absolute Gasteiger partial charge is 0.207 e. The summed E-state index contributed by atoms with van der Waals surface area (Å²) in [5, 5.41) is 0. The lowest BCUT2D eigenvalue weighted by Crippen LogP contribution is -2.34. The number of benzene rings is 1. The highest BCUT2D eigenvalue weighted by molar-refractivity contribution is 7.89. The van der Waals surface area contributed by atoms with Gasteiger partial charge in [0.1, 0.15) is 0 Å². The minimum absolute atomic E-state index is 0.230. The van der Waals surface area contributed by atoms with Gasteiger partial charge in [0.05, 0.1) is 4.90 Å². The largest absolute Gasteiger partial charge is 0.243 e.